The van der Waals surface area contributed by atoms with Gasteiger partial charge in [-0.15, -0.1) is 0 Å². The maximum atomic E-state index is 12.2. The molecule has 0 radical (unpaired) electrons. The van der Waals surface area contributed by atoms with Gasteiger partial charge < -0.3 is 9.64 Å². The molecule has 1 heterocycles. The number of rotatable bonds is 5. The molecule has 0 aliphatic heterocycles. The van der Waals surface area contributed by atoms with Crippen molar-refractivity contribution in [3.05, 3.63) is 58.9 Å². The van der Waals surface area contributed by atoms with Crippen LogP contribution in [0.25, 0.3) is 0 Å². The fourth-order valence-electron chi connectivity index (χ4n) is 1.78. The number of carbonyl (C=O) groups is 1. The number of nitrogens with zero attached hydrogens (tertiary/aromatic N) is 2. The van der Waals surface area contributed by atoms with Gasteiger partial charge in [0.05, 0.1) is 17.1 Å². The Hall–Kier alpha value is -2.07. The molecule has 0 fully saturated rings. The molecule has 1 aromatic carbocycles. The van der Waals surface area contributed by atoms with E-state index in [0.29, 0.717) is 23.7 Å². The van der Waals surface area contributed by atoms with E-state index in [1.807, 2.05) is 31.2 Å². The van der Waals surface area contributed by atoms with Crippen molar-refractivity contribution >= 4 is 17.5 Å². The van der Waals surface area contributed by atoms with Crippen molar-refractivity contribution in [1.82, 2.24) is 9.88 Å². The Labute approximate surface area is 129 Å². The molecule has 0 saturated carbocycles. The molecule has 110 valence electrons. The normalized spacial score (nSPS) is 10.2. The molecule has 0 aliphatic carbocycles. The van der Waals surface area contributed by atoms with Crippen LogP contribution < -0.4 is 4.74 Å². The third-order valence-corrected chi connectivity index (χ3v) is 3.39. The van der Waals surface area contributed by atoms with Crippen LogP contribution in [0.3, 0.4) is 0 Å². The van der Waals surface area contributed by atoms with Crippen molar-refractivity contribution in [3.8, 4) is 5.75 Å². The van der Waals surface area contributed by atoms with Crippen molar-refractivity contribution in [2.45, 2.75) is 6.92 Å². The van der Waals surface area contributed by atoms with Gasteiger partial charge in [-0.05, 0) is 25.1 Å². The number of hydrogen-bond donors (Lipinski definition) is 0. The fraction of sp³-hybridized carbons (Fsp3) is 0.250. The molecular formula is C16H17ClN2O2. The molecule has 0 N–H and O–H groups in total. The molecule has 2 rings (SSSR count). The minimum absolute atomic E-state index is 0.166. The summed E-state index contributed by atoms with van der Waals surface area (Å²) in [5, 5.41) is 0.404. The number of likely N-dealkylation sites (N-methyl/N-ethyl adjacent to an activating group) is 1. The predicted molar refractivity (Wildman–Crippen MR) is 82.9 cm³/mol. The molecule has 0 saturated heterocycles. The average molecular weight is 305 g/mol. The molecule has 0 atom stereocenters. The summed E-state index contributed by atoms with van der Waals surface area (Å²) < 4.78 is 5.61. The maximum Gasteiger partial charge on any atom is 0.256 e. The van der Waals surface area contributed by atoms with Crippen molar-refractivity contribution in [2.24, 2.45) is 0 Å². The van der Waals surface area contributed by atoms with Gasteiger partial charge in [-0.25, -0.2) is 0 Å². The van der Waals surface area contributed by atoms with Crippen molar-refractivity contribution in [2.75, 3.05) is 20.2 Å². The minimum atomic E-state index is -0.166. The quantitative estimate of drug-likeness (QED) is 0.852. The number of hydrogen-bond acceptors (Lipinski definition) is 3. The Balaban J connectivity index is 1.87. The van der Waals surface area contributed by atoms with Crippen LogP contribution in [-0.2, 0) is 0 Å². The Morgan fingerprint density at radius 2 is 2.00 bits per heavy atom. The van der Waals surface area contributed by atoms with Crippen LogP contribution in [0, 0.1) is 6.92 Å². The van der Waals surface area contributed by atoms with Gasteiger partial charge in [0.1, 0.15) is 12.4 Å². The number of amides is 1. The molecule has 1 aromatic heterocycles. The van der Waals surface area contributed by atoms with E-state index >= 15 is 0 Å². The summed E-state index contributed by atoms with van der Waals surface area (Å²) in [6.45, 7) is 2.91. The predicted octanol–water partition coefficient (Wildman–Crippen LogP) is 3.19. The largest absolute Gasteiger partial charge is 0.492 e. The highest BCUT2D eigenvalue weighted by molar-refractivity contribution is 6.33. The Bertz CT molecular complexity index is 614. The first-order chi connectivity index (χ1) is 10.1. The average Bonchev–Trinajstić information content (AvgIpc) is 2.49. The molecule has 0 unspecified atom stereocenters. The number of halogens is 1. The summed E-state index contributed by atoms with van der Waals surface area (Å²) >= 11 is 5.99. The van der Waals surface area contributed by atoms with E-state index in [1.165, 1.54) is 11.8 Å². The molecule has 21 heavy (non-hydrogen) atoms. The molecule has 2 aromatic rings. The molecule has 0 aliphatic rings. The highest BCUT2D eigenvalue weighted by Gasteiger charge is 2.14. The van der Waals surface area contributed by atoms with Crippen LogP contribution in [-0.4, -0.2) is 36.0 Å². The number of carbonyl (C=O) groups excluding carboxylic acids is 1. The van der Waals surface area contributed by atoms with Crippen molar-refractivity contribution in [3.63, 3.8) is 0 Å². The molecule has 0 spiro atoms. The summed E-state index contributed by atoms with van der Waals surface area (Å²) in [4.78, 5) is 17.7. The number of benzene rings is 1. The van der Waals surface area contributed by atoms with E-state index in [-0.39, 0.29) is 5.91 Å². The first-order valence-corrected chi connectivity index (χ1v) is 7.00. The lowest BCUT2D eigenvalue weighted by Gasteiger charge is -2.18. The Morgan fingerprint density at radius 1 is 1.29 bits per heavy atom. The third-order valence-electron chi connectivity index (χ3n) is 3.06. The van der Waals surface area contributed by atoms with E-state index in [0.717, 1.165) is 5.75 Å². The lowest BCUT2D eigenvalue weighted by atomic mass is 10.2. The smallest absolute Gasteiger partial charge is 0.256 e. The summed E-state index contributed by atoms with van der Waals surface area (Å²) in [5.41, 5.74) is 1.58. The second kappa shape index (κ2) is 7.09. The van der Waals surface area contributed by atoms with E-state index in [1.54, 1.807) is 24.2 Å². The van der Waals surface area contributed by atoms with Gasteiger partial charge >= 0.3 is 0 Å². The zero-order valence-electron chi connectivity index (χ0n) is 12.0. The van der Waals surface area contributed by atoms with Crippen LogP contribution in [0.1, 0.15) is 15.9 Å². The van der Waals surface area contributed by atoms with Gasteiger partial charge in [-0.1, -0.05) is 29.3 Å². The molecular weight excluding hydrogens is 288 g/mol. The zero-order valence-corrected chi connectivity index (χ0v) is 12.8. The SMILES string of the molecule is Cc1ccc(OCCN(C)C(=O)c2cnccc2Cl)cc1. The van der Waals surface area contributed by atoms with Gasteiger partial charge in [0.15, 0.2) is 0 Å². The topological polar surface area (TPSA) is 42.4 Å². The van der Waals surface area contributed by atoms with Crippen molar-refractivity contribution < 1.29 is 9.53 Å². The van der Waals surface area contributed by atoms with Gasteiger partial charge in [0.25, 0.3) is 5.91 Å². The second-order valence-corrected chi connectivity index (χ2v) is 5.15. The fourth-order valence-corrected chi connectivity index (χ4v) is 1.96. The monoisotopic (exact) mass is 304 g/mol. The van der Waals surface area contributed by atoms with Gasteiger partial charge in [0, 0.05) is 19.4 Å². The lowest BCUT2D eigenvalue weighted by molar-refractivity contribution is 0.0773. The van der Waals surface area contributed by atoms with Crippen LogP contribution in [0.5, 0.6) is 5.75 Å². The number of ether oxygens (including phenoxy) is 1. The summed E-state index contributed by atoms with van der Waals surface area (Å²) in [7, 11) is 1.71. The van der Waals surface area contributed by atoms with E-state index in [4.69, 9.17) is 16.3 Å². The van der Waals surface area contributed by atoms with Gasteiger partial charge in [0.2, 0.25) is 0 Å². The summed E-state index contributed by atoms with van der Waals surface area (Å²) in [6.07, 6.45) is 3.03. The molecule has 4 nitrogen and oxygen atoms in total. The van der Waals surface area contributed by atoms with Crippen LogP contribution in [0.15, 0.2) is 42.7 Å². The first-order valence-electron chi connectivity index (χ1n) is 6.62. The summed E-state index contributed by atoms with van der Waals surface area (Å²) in [5.74, 6) is 0.626. The standard InChI is InChI=1S/C16H17ClN2O2/c1-12-3-5-13(6-4-12)21-10-9-19(2)16(20)14-11-18-8-7-15(14)17/h3-8,11H,9-10H2,1-2H3. The first kappa shape index (κ1) is 15.3. The van der Waals surface area contributed by atoms with Crippen LogP contribution >= 0.6 is 11.6 Å². The third kappa shape index (κ3) is 4.20. The van der Waals surface area contributed by atoms with Crippen molar-refractivity contribution in [1.29, 1.82) is 0 Å². The minimum Gasteiger partial charge on any atom is -0.492 e. The van der Waals surface area contributed by atoms with Gasteiger partial charge in [-0.2, -0.15) is 0 Å². The zero-order chi connectivity index (χ0) is 15.2. The molecule has 1 amide bonds. The lowest BCUT2D eigenvalue weighted by Crippen LogP contribution is -2.31. The molecule has 5 heteroatoms. The number of aryl methyl sites for hydroxylation is 1. The Morgan fingerprint density at radius 3 is 2.67 bits per heavy atom. The highest BCUT2D eigenvalue weighted by atomic mass is 35.5. The summed E-state index contributed by atoms with van der Waals surface area (Å²) in [6, 6.07) is 9.40. The van der Waals surface area contributed by atoms with Gasteiger partial charge in [-0.3, -0.25) is 9.78 Å². The maximum absolute atomic E-state index is 12.2. The van der Waals surface area contributed by atoms with E-state index < -0.39 is 0 Å². The highest BCUT2D eigenvalue weighted by Crippen LogP contribution is 2.15. The van der Waals surface area contributed by atoms with Crippen LogP contribution in [0.2, 0.25) is 5.02 Å². The molecule has 0 bridgehead atoms. The van der Waals surface area contributed by atoms with E-state index in [2.05, 4.69) is 4.98 Å². The van der Waals surface area contributed by atoms with E-state index in [9.17, 15) is 4.79 Å². The van der Waals surface area contributed by atoms with Crippen LogP contribution in [0.4, 0.5) is 0 Å². The number of aromatic nitrogens is 1. The Kier molecular flexibility index (Phi) is 5.17. The number of pyridine rings is 1. The second-order valence-electron chi connectivity index (χ2n) is 4.74.